The molecule has 0 saturated heterocycles. The first-order valence-electron chi connectivity index (χ1n) is 9.82. The molecule has 0 amide bonds. The van der Waals surface area contributed by atoms with Gasteiger partial charge in [-0.3, -0.25) is 0 Å². The van der Waals surface area contributed by atoms with Gasteiger partial charge in [-0.05, 0) is 50.2 Å². The van der Waals surface area contributed by atoms with Gasteiger partial charge in [0.15, 0.2) is 14.7 Å². The van der Waals surface area contributed by atoms with Gasteiger partial charge in [-0.1, -0.05) is 65.7 Å². The van der Waals surface area contributed by atoms with E-state index in [1.54, 1.807) is 12.1 Å². The van der Waals surface area contributed by atoms with Crippen LogP contribution in [0, 0.1) is 13.8 Å². The highest BCUT2D eigenvalue weighted by Crippen LogP contribution is 2.48. The minimum atomic E-state index is -3.57. The zero-order valence-corrected chi connectivity index (χ0v) is 18.4. The van der Waals surface area contributed by atoms with Gasteiger partial charge in [-0.25, -0.2) is 8.42 Å². The zero-order chi connectivity index (χ0) is 20.9. The van der Waals surface area contributed by atoms with Crippen molar-refractivity contribution < 1.29 is 8.42 Å². The van der Waals surface area contributed by atoms with Crippen molar-refractivity contribution in [2.75, 3.05) is 0 Å². The van der Waals surface area contributed by atoms with E-state index in [-0.39, 0.29) is 0 Å². The van der Waals surface area contributed by atoms with Gasteiger partial charge in [0.05, 0.1) is 4.90 Å². The van der Waals surface area contributed by atoms with Crippen molar-refractivity contribution >= 4 is 20.7 Å². The normalized spacial score (nSPS) is 13.8. The van der Waals surface area contributed by atoms with E-state index in [1.165, 1.54) is 11.1 Å². The standard InChI is InChI=1S/C26H21O2S2/c1-18-10-14-20(15-11-18)29(21-16-12-19(2)13-17-21)24-8-5-7-23-22-6-3-4-9-25(22)30(27,28)26(23)24/h3-17H,1-2H3/q+1. The molecular formula is C26H21O2S2+. The second-order valence-electron chi connectivity index (χ2n) is 7.56. The SMILES string of the molecule is Cc1ccc([S+](c2ccc(C)cc2)c2cccc3c2S(=O)(=O)c2ccccc2-3)cc1. The van der Waals surface area contributed by atoms with Crippen LogP contribution in [0.3, 0.4) is 0 Å². The topological polar surface area (TPSA) is 34.1 Å². The van der Waals surface area contributed by atoms with Crippen molar-refractivity contribution in [2.45, 2.75) is 38.3 Å². The fraction of sp³-hybridized carbons (Fsp3) is 0.0769. The molecule has 1 aliphatic heterocycles. The highest BCUT2D eigenvalue weighted by atomic mass is 32.2. The molecule has 0 atom stereocenters. The summed E-state index contributed by atoms with van der Waals surface area (Å²) in [4.78, 5) is 3.95. The summed E-state index contributed by atoms with van der Waals surface area (Å²) in [6.07, 6.45) is 0. The van der Waals surface area contributed by atoms with Crippen LogP contribution in [0.5, 0.6) is 0 Å². The van der Waals surface area contributed by atoms with Gasteiger partial charge in [-0.15, -0.1) is 0 Å². The highest BCUT2D eigenvalue weighted by Gasteiger charge is 2.42. The minimum absolute atomic E-state index is 0.406. The Labute approximate surface area is 180 Å². The van der Waals surface area contributed by atoms with Crippen LogP contribution < -0.4 is 0 Å². The lowest BCUT2D eigenvalue weighted by atomic mass is 10.1. The van der Waals surface area contributed by atoms with Crippen LogP contribution in [0.25, 0.3) is 11.1 Å². The Morgan fingerprint density at radius 3 is 1.73 bits per heavy atom. The van der Waals surface area contributed by atoms with Crippen molar-refractivity contribution in [1.82, 2.24) is 0 Å². The molecule has 148 valence electrons. The molecule has 0 fully saturated rings. The number of rotatable bonds is 3. The van der Waals surface area contributed by atoms with E-state index in [0.717, 1.165) is 25.8 Å². The van der Waals surface area contributed by atoms with Crippen LogP contribution in [0.1, 0.15) is 11.1 Å². The number of aryl methyl sites for hydroxylation is 2. The van der Waals surface area contributed by atoms with Gasteiger partial charge in [0.2, 0.25) is 9.84 Å². The summed E-state index contributed by atoms with van der Waals surface area (Å²) in [5, 5.41) is 0. The van der Waals surface area contributed by atoms with E-state index < -0.39 is 20.7 Å². The Hall–Kier alpha value is -2.82. The van der Waals surface area contributed by atoms with Crippen LogP contribution in [0.4, 0.5) is 0 Å². The molecule has 0 N–H and O–H groups in total. The lowest BCUT2D eigenvalue weighted by Gasteiger charge is -2.12. The molecule has 4 aromatic rings. The molecule has 1 aliphatic rings. The predicted octanol–water partition coefficient (Wildman–Crippen LogP) is 6.21. The molecule has 0 spiro atoms. The van der Waals surface area contributed by atoms with Gasteiger partial charge in [0.1, 0.15) is 15.8 Å². The Bertz CT molecular complexity index is 1310. The lowest BCUT2D eigenvalue weighted by molar-refractivity contribution is 0.597. The summed E-state index contributed by atoms with van der Waals surface area (Å²) < 4.78 is 27.2. The molecule has 5 rings (SSSR count). The van der Waals surface area contributed by atoms with Gasteiger partial charge in [0.25, 0.3) is 0 Å². The van der Waals surface area contributed by atoms with E-state index in [0.29, 0.717) is 9.79 Å². The number of sulfone groups is 1. The van der Waals surface area contributed by atoms with Gasteiger partial charge in [-0.2, -0.15) is 0 Å². The maximum Gasteiger partial charge on any atom is 0.212 e. The third-order valence-electron chi connectivity index (χ3n) is 5.45. The van der Waals surface area contributed by atoms with Crippen molar-refractivity contribution in [3.8, 4) is 11.1 Å². The van der Waals surface area contributed by atoms with Crippen LogP contribution in [-0.2, 0) is 20.7 Å². The summed E-state index contributed by atoms with van der Waals surface area (Å²) in [5.74, 6) is 0. The average Bonchev–Trinajstić information content (AvgIpc) is 2.99. The maximum atomic E-state index is 13.6. The molecule has 4 aromatic carbocycles. The van der Waals surface area contributed by atoms with Gasteiger partial charge in [0, 0.05) is 11.1 Å². The molecule has 1 heterocycles. The third kappa shape index (κ3) is 2.99. The van der Waals surface area contributed by atoms with Crippen molar-refractivity contribution in [3.05, 3.63) is 102 Å². The first-order valence-corrected chi connectivity index (χ1v) is 12.5. The van der Waals surface area contributed by atoms with Gasteiger partial charge >= 0.3 is 0 Å². The summed E-state index contributed by atoms with van der Waals surface area (Å²) >= 11 is 0. The maximum absolute atomic E-state index is 13.6. The van der Waals surface area contributed by atoms with Crippen LogP contribution in [0.15, 0.2) is 115 Å². The smallest absolute Gasteiger partial charge is 0.212 e. The minimum Gasteiger partial charge on any atom is -0.218 e. The fourth-order valence-electron chi connectivity index (χ4n) is 3.94. The number of hydrogen-bond acceptors (Lipinski definition) is 2. The number of hydrogen-bond donors (Lipinski definition) is 0. The van der Waals surface area contributed by atoms with Crippen molar-refractivity contribution in [3.63, 3.8) is 0 Å². The fourth-order valence-corrected chi connectivity index (χ4v) is 8.37. The quantitative estimate of drug-likeness (QED) is 0.319. The molecule has 0 saturated carbocycles. The predicted molar refractivity (Wildman–Crippen MR) is 122 cm³/mol. The second kappa shape index (κ2) is 7.15. The second-order valence-corrected chi connectivity index (χ2v) is 11.4. The van der Waals surface area contributed by atoms with Crippen LogP contribution >= 0.6 is 0 Å². The molecular weight excluding hydrogens is 408 g/mol. The summed E-state index contributed by atoms with van der Waals surface area (Å²) in [7, 11) is -4.09. The molecule has 30 heavy (non-hydrogen) atoms. The Morgan fingerprint density at radius 1 is 0.600 bits per heavy atom. The molecule has 0 aliphatic carbocycles. The number of fused-ring (bicyclic) bond motifs is 3. The third-order valence-corrected chi connectivity index (χ3v) is 9.76. The Morgan fingerprint density at radius 2 is 1.13 bits per heavy atom. The first kappa shape index (κ1) is 19.2. The van der Waals surface area contributed by atoms with E-state index >= 15 is 0 Å². The Balaban J connectivity index is 1.80. The van der Waals surface area contributed by atoms with Crippen LogP contribution in [-0.4, -0.2) is 8.42 Å². The van der Waals surface area contributed by atoms with Crippen LogP contribution in [0.2, 0.25) is 0 Å². The van der Waals surface area contributed by atoms with Crippen molar-refractivity contribution in [1.29, 1.82) is 0 Å². The Kier molecular flexibility index (Phi) is 4.57. The summed E-state index contributed by atoms with van der Waals surface area (Å²) in [6, 6.07) is 30.0. The average molecular weight is 430 g/mol. The molecule has 0 aromatic heterocycles. The molecule has 0 bridgehead atoms. The molecule has 4 heteroatoms. The summed E-state index contributed by atoms with van der Waals surface area (Å²) in [6.45, 7) is 4.13. The zero-order valence-electron chi connectivity index (χ0n) is 16.8. The molecule has 0 unspecified atom stereocenters. The molecule has 2 nitrogen and oxygen atoms in total. The van der Waals surface area contributed by atoms with E-state index in [4.69, 9.17) is 0 Å². The lowest BCUT2D eigenvalue weighted by Crippen LogP contribution is -2.10. The summed E-state index contributed by atoms with van der Waals surface area (Å²) in [5.41, 5.74) is 3.97. The first-order chi connectivity index (χ1) is 14.5. The van der Waals surface area contributed by atoms with Crippen molar-refractivity contribution in [2.24, 2.45) is 0 Å². The number of benzene rings is 4. The van der Waals surface area contributed by atoms with Gasteiger partial charge < -0.3 is 0 Å². The highest BCUT2D eigenvalue weighted by molar-refractivity contribution is 7.98. The van der Waals surface area contributed by atoms with E-state index in [1.807, 2.05) is 30.3 Å². The van der Waals surface area contributed by atoms with E-state index in [2.05, 4.69) is 62.4 Å². The monoisotopic (exact) mass is 429 g/mol. The van der Waals surface area contributed by atoms with E-state index in [9.17, 15) is 8.42 Å². The largest absolute Gasteiger partial charge is 0.218 e. The molecule has 0 radical (unpaired) electrons.